The molecule has 1 rings (SSSR count). The van der Waals surface area contributed by atoms with Crippen molar-refractivity contribution in [3.05, 3.63) is 35.6 Å². The van der Waals surface area contributed by atoms with Gasteiger partial charge in [-0.25, -0.2) is 4.39 Å². The van der Waals surface area contributed by atoms with E-state index in [2.05, 4.69) is 6.07 Å². The summed E-state index contributed by atoms with van der Waals surface area (Å²) in [5.41, 5.74) is -0.121. The Balaban J connectivity index is 2.84. The monoisotopic (exact) mass is 193 g/mol. The highest BCUT2D eigenvalue weighted by molar-refractivity contribution is 5.20. The van der Waals surface area contributed by atoms with Crippen LogP contribution in [0.25, 0.3) is 0 Å². The largest absolute Gasteiger partial charge is 0.363 e. The topological polar surface area (TPSA) is 33.0 Å². The Bertz CT molecular complexity index is 359. The molecule has 2 nitrogen and oxygen atoms in total. The van der Waals surface area contributed by atoms with Crippen LogP contribution in [-0.2, 0) is 11.2 Å². The maximum atomic E-state index is 12.8. The highest BCUT2D eigenvalue weighted by atomic mass is 19.1. The predicted octanol–water partition coefficient (Wildman–Crippen LogP) is 2.30. The van der Waals surface area contributed by atoms with Gasteiger partial charge in [0.2, 0.25) is 0 Å². The fourth-order valence-electron chi connectivity index (χ4n) is 1.19. The van der Waals surface area contributed by atoms with Crippen LogP contribution in [0.5, 0.6) is 0 Å². The van der Waals surface area contributed by atoms with Crippen LogP contribution in [0.4, 0.5) is 4.39 Å². The molecule has 1 aromatic rings. The summed E-state index contributed by atoms with van der Waals surface area (Å²) < 4.78 is 17.9. The summed E-state index contributed by atoms with van der Waals surface area (Å²) in [5.74, 6) is -0.293. The normalized spacial score (nSPS) is 14.4. The second-order valence-corrected chi connectivity index (χ2v) is 3.35. The molecule has 1 aromatic carbocycles. The molecule has 0 fully saturated rings. The smallest absolute Gasteiger partial charge is 0.155 e. The predicted molar refractivity (Wildman–Crippen MR) is 51.1 cm³/mol. The molecule has 0 aliphatic heterocycles. The van der Waals surface area contributed by atoms with Crippen LogP contribution < -0.4 is 0 Å². The molecule has 0 aromatic heterocycles. The zero-order valence-corrected chi connectivity index (χ0v) is 8.25. The number of hydrogen-bond acceptors (Lipinski definition) is 2. The average Bonchev–Trinajstić information content (AvgIpc) is 2.18. The first-order valence-electron chi connectivity index (χ1n) is 4.30. The Hall–Kier alpha value is -1.40. The third-order valence-electron chi connectivity index (χ3n) is 2.12. The summed E-state index contributed by atoms with van der Waals surface area (Å²) in [6.07, 6.45) is 0.387. The molecule has 0 N–H and O–H groups in total. The molecule has 0 spiro atoms. The fraction of sp³-hybridized carbons (Fsp3) is 0.364. The second-order valence-electron chi connectivity index (χ2n) is 3.35. The van der Waals surface area contributed by atoms with Gasteiger partial charge in [-0.05, 0) is 24.6 Å². The van der Waals surface area contributed by atoms with E-state index in [1.807, 2.05) is 0 Å². The first-order chi connectivity index (χ1) is 6.59. The Labute approximate surface area is 82.9 Å². The molecule has 0 amide bonds. The van der Waals surface area contributed by atoms with Crippen molar-refractivity contribution in [1.29, 1.82) is 5.26 Å². The number of nitriles is 1. The molecule has 0 heterocycles. The summed E-state index contributed by atoms with van der Waals surface area (Å²) in [6, 6.07) is 8.24. The van der Waals surface area contributed by atoms with Crippen LogP contribution in [0.3, 0.4) is 0 Å². The lowest BCUT2D eigenvalue weighted by atomic mass is 9.98. The van der Waals surface area contributed by atoms with E-state index >= 15 is 0 Å². The fourth-order valence-corrected chi connectivity index (χ4v) is 1.19. The Morgan fingerprint density at radius 3 is 2.79 bits per heavy atom. The van der Waals surface area contributed by atoms with E-state index in [1.165, 1.54) is 19.2 Å². The lowest BCUT2D eigenvalue weighted by Gasteiger charge is -2.19. The molecule has 1 atom stereocenters. The van der Waals surface area contributed by atoms with Gasteiger partial charge in [0.25, 0.3) is 0 Å². The van der Waals surface area contributed by atoms with E-state index in [0.717, 1.165) is 5.56 Å². The first-order valence-corrected chi connectivity index (χ1v) is 4.30. The van der Waals surface area contributed by atoms with Gasteiger partial charge in [0.15, 0.2) is 5.60 Å². The van der Waals surface area contributed by atoms with Crippen molar-refractivity contribution in [3.8, 4) is 6.07 Å². The minimum Gasteiger partial charge on any atom is -0.363 e. The molecule has 0 aliphatic carbocycles. The number of methoxy groups -OCH3 is 1. The second kappa shape index (κ2) is 4.21. The average molecular weight is 193 g/mol. The molecule has 14 heavy (non-hydrogen) atoms. The maximum absolute atomic E-state index is 12.8. The number of halogens is 1. The standard InChI is InChI=1S/C11H12FNO/c1-11(8-13,14-2)7-9-4-3-5-10(12)6-9/h3-6H,7H2,1-2H3. The molecule has 0 aliphatic rings. The highest BCUT2D eigenvalue weighted by Crippen LogP contribution is 2.16. The highest BCUT2D eigenvalue weighted by Gasteiger charge is 2.23. The van der Waals surface area contributed by atoms with E-state index in [-0.39, 0.29) is 5.82 Å². The van der Waals surface area contributed by atoms with Crippen LogP contribution in [0.1, 0.15) is 12.5 Å². The van der Waals surface area contributed by atoms with E-state index in [4.69, 9.17) is 10.00 Å². The van der Waals surface area contributed by atoms with Gasteiger partial charge in [-0.3, -0.25) is 0 Å². The molecule has 1 unspecified atom stereocenters. The van der Waals surface area contributed by atoms with Crippen LogP contribution in [0, 0.1) is 17.1 Å². The number of rotatable bonds is 3. The van der Waals surface area contributed by atoms with Crippen molar-refractivity contribution in [2.75, 3.05) is 7.11 Å². The SMILES string of the molecule is COC(C)(C#N)Cc1cccc(F)c1. The van der Waals surface area contributed by atoms with Crippen molar-refractivity contribution in [1.82, 2.24) is 0 Å². The van der Waals surface area contributed by atoms with Gasteiger partial charge in [-0.2, -0.15) is 5.26 Å². The quantitative estimate of drug-likeness (QED) is 0.737. The number of benzene rings is 1. The zero-order chi connectivity index (χ0) is 10.6. The Morgan fingerprint density at radius 1 is 1.57 bits per heavy atom. The van der Waals surface area contributed by atoms with Crippen molar-refractivity contribution in [2.24, 2.45) is 0 Å². The third kappa shape index (κ3) is 2.54. The summed E-state index contributed by atoms with van der Waals surface area (Å²) in [7, 11) is 1.47. The van der Waals surface area contributed by atoms with E-state index in [1.54, 1.807) is 19.1 Å². The molecule has 0 saturated carbocycles. The van der Waals surface area contributed by atoms with Crippen LogP contribution >= 0.6 is 0 Å². The molecular formula is C11H12FNO. The van der Waals surface area contributed by atoms with E-state index in [9.17, 15) is 4.39 Å². The Kier molecular flexibility index (Phi) is 3.21. The summed E-state index contributed by atoms with van der Waals surface area (Å²) in [6.45, 7) is 1.68. The van der Waals surface area contributed by atoms with Gasteiger partial charge in [0, 0.05) is 13.5 Å². The lowest BCUT2D eigenvalue weighted by molar-refractivity contribution is 0.0559. The maximum Gasteiger partial charge on any atom is 0.155 e. The Morgan fingerprint density at radius 2 is 2.29 bits per heavy atom. The zero-order valence-electron chi connectivity index (χ0n) is 8.25. The number of ether oxygens (including phenoxy) is 1. The molecule has 0 saturated heterocycles. The van der Waals surface area contributed by atoms with Crippen molar-refractivity contribution in [3.63, 3.8) is 0 Å². The number of nitrogens with zero attached hydrogens (tertiary/aromatic N) is 1. The summed E-state index contributed by atoms with van der Waals surface area (Å²) >= 11 is 0. The summed E-state index contributed by atoms with van der Waals surface area (Å²) in [5, 5.41) is 8.85. The molecule has 74 valence electrons. The molecular weight excluding hydrogens is 181 g/mol. The van der Waals surface area contributed by atoms with Crippen molar-refractivity contribution in [2.45, 2.75) is 18.9 Å². The van der Waals surface area contributed by atoms with Gasteiger partial charge >= 0.3 is 0 Å². The van der Waals surface area contributed by atoms with Gasteiger partial charge in [-0.1, -0.05) is 12.1 Å². The lowest BCUT2D eigenvalue weighted by Crippen LogP contribution is -2.27. The van der Waals surface area contributed by atoms with Crippen molar-refractivity contribution >= 4 is 0 Å². The van der Waals surface area contributed by atoms with E-state index < -0.39 is 5.60 Å². The minimum absolute atomic E-state index is 0.293. The van der Waals surface area contributed by atoms with Crippen LogP contribution in [0.15, 0.2) is 24.3 Å². The van der Waals surface area contributed by atoms with Crippen molar-refractivity contribution < 1.29 is 9.13 Å². The summed E-state index contributed by atoms with van der Waals surface area (Å²) in [4.78, 5) is 0. The third-order valence-corrected chi connectivity index (χ3v) is 2.12. The van der Waals surface area contributed by atoms with Gasteiger partial charge in [0.1, 0.15) is 5.82 Å². The van der Waals surface area contributed by atoms with Gasteiger partial charge in [-0.15, -0.1) is 0 Å². The molecule has 0 radical (unpaired) electrons. The van der Waals surface area contributed by atoms with Crippen LogP contribution in [-0.4, -0.2) is 12.7 Å². The number of hydrogen-bond donors (Lipinski definition) is 0. The van der Waals surface area contributed by atoms with Crippen LogP contribution in [0.2, 0.25) is 0 Å². The van der Waals surface area contributed by atoms with E-state index in [0.29, 0.717) is 6.42 Å². The molecule has 3 heteroatoms. The minimum atomic E-state index is -0.881. The molecule has 0 bridgehead atoms. The first kappa shape index (κ1) is 10.7. The van der Waals surface area contributed by atoms with Gasteiger partial charge in [0.05, 0.1) is 6.07 Å². The van der Waals surface area contributed by atoms with Gasteiger partial charge < -0.3 is 4.74 Å².